The van der Waals surface area contributed by atoms with Crippen LogP contribution < -0.4 is 10.6 Å². The van der Waals surface area contributed by atoms with Crippen LogP contribution in [-0.4, -0.2) is 62.8 Å². The van der Waals surface area contributed by atoms with Gasteiger partial charge in [-0.25, -0.2) is 0 Å². The third-order valence-corrected chi connectivity index (χ3v) is 3.57. The van der Waals surface area contributed by atoms with Crippen molar-refractivity contribution in [2.24, 2.45) is 10.9 Å². The fourth-order valence-electron chi connectivity index (χ4n) is 2.19. The normalized spacial score (nSPS) is 33.3. The van der Waals surface area contributed by atoms with Gasteiger partial charge in [-0.05, 0) is 26.3 Å². The Morgan fingerprint density at radius 3 is 2.89 bits per heavy atom. The van der Waals surface area contributed by atoms with E-state index in [2.05, 4.69) is 41.4 Å². The van der Waals surface area contributed by atoms with Crippen LogP contribution in [0.5, 0.6) is 0 Å². The summed E-state index contributed by atoms with van der Waals surface area (Å²) in [6, 6.07) is 0.609. The topological polar surface area (TPSA) is 48.9 Å². The number of nitrogens with one attached hydrogen (secondary N) is 2. The fraction of sp³-hybridized carbons (Fsp3) is 0.923. The van der Waals surface area contributed by atoms with Crippen molar-refractivity contribution in [3.05, 3.63) is 0 Å². The van der Waals surface area contributed by atoms with E-state index in [0.717, 1.165) is 44.7 Å². The predicted molar refractivity (Wildman–Crippen MR) is 73.9 cm³/mol. The Bertz CT molecular complexity index is 295. The summed E-state index contributed by atoms with van der Waals surface area (Å²) in [6.07, 6.45) is 1.49. The molecular formula is C13H26N4O. The standard InChI is InChI=1S/C13H26N4O/c1-4-14-13(16-12-7-10(12)2)15-8-11-9-17(3)5-6-18-11/h10-12H,4-9H2,1-3H3,(H2,14,15,16). The number of hydrogen-bond donors (Lipinski definition) is 2. The molecule has 2 fully saturated rings. The van der Waals surface area contributed by atoms with E-state index in [0.29, 0.717) is 6.04 Å². The molecule has 1 aliphatic heterocycles. The molecule has 18 heavy (non-hydrogen) atoms. The highest BCUT2D eigenvalue weighted by Gasteiger charge is 2.33. The molecule has 1 aliphatic carbocycles. The highest BCUT2D eigenvalue weighted by atomic mass is 16.5. The summed E-state index contributed by atoms with van der Waals surface area (Å²) >= 11 is 0. The van der Waals surface area contributed by atoms with Gasteiger partial charge in [-0.15, -0.1) is 0 Å². The molecule has 0 bridgehead atoms. The van der Waals surface area contributed by atoms with Gasteiger partial charge in [0.05, 0.1) is 19.3 Å². The number of ether oxygens (including phenoxy) is 1. The lowest BCUT2D eigenvalue weighted by atomic mass is 10.3. The molecule has 3 unspecified atom stereocenters. The fourth-order valence-corrected chi connectivity index (χ4v) is 2.19. The van der Waals surface area contributed by atoms with Crippen LogP contribution in [0.2, 0.25) is 0 Å². The van der Waals surface area contributed by atoms with E-state index in [1.54, 1.807) is 0 Å². The van der Waals surface area contributed by atoms with E-state index in [9.17, 15) is 0 Å². The first kappa shape index (κ1) is 13.6. The molecule has 0 amide bonds. The van der Waals surface area contributed by atoms with Crippen LogP contribution in [0.3, 0.4) is 0 Å². The monoisotopic (exact) mass is 254 g/mol. The van der Waals surface area contributed by atoms with E-state index < -0.39 is 0 Å². The first-order valence-electron chi connectivity index (χ1n) is 7.04. The average molecular weight is 254 g/mol. The number of rotatable bonds is 4. The zero-order valence-corrected chi connectivity index (χ0v) is 11.8. The summed E-state index contributed by atoms with van der Waals surface area (Å²) < 4.78 is 5.71. The molecule has 1 saturated heterocycles. The highest BCUT2D eigenvalue weighted by Crippen LogP contribution is 2.28. The first-order valence-corrected chi connectivity index (χ1v) is 7.04. The van der Waals surface area contributed by atoms with Gasteiger partial charge in [0.25, 0.3) is 0 Å². The summed E-state index contributed by atoms with van der Waals surface area (Å²) in [6.45, 7) is 8.82. The van der Waals surface area contributed by atoms with Gasteiger partial charge in [0.15, 0.2) is 5.96 Å². The minimum absolute atomic E-state index is 0.232. The minimum Gasteiger partial charge on any atom is -0.374 e. The van der Waals surface area contributed by atoms with Gasteiger partial charge in [0, 0.05) is 25.7 Å². The van der Waals surface area contributed by atoms with E-state index >= 15 is 0 Å². The van der Waals surface area contributed by atoms with Crippen LogP contribution in [0.25, 0.3) is 0 Å². The van der Waals surface area contributed by atoms with Gasteiger partial charge in [0.1, 0.15) is 0 Å². The van der Waals surface area contributed by atoms with Crippen LogP contribution >= 0.6 is 0 Å². The summed E-state index contributed by atoms with van der Waals surface area (Å²) in [5.41, 5.74) is 0. The highest BCUT2D eigenvalue weighted by molar-refractivity contribution is 5.80. The second kappa shape index (κ2) is 6.38. The second-order valence-electron chi connectivity index (χ2n) is 5.44. The van der Waals surface area contributed by atoms with Crippen molar-refractivity contribution >= 4 is 5.96 Å². The molecule has 2 rings (SSSR count). The Balaban J connectivity index is 1.79. The summed E-state index contributed by atoms with van der Waals surface area (Å²) in [4.78, 5) is 6.93. The Labute approximate surface area is 110 Å². The van der Waals surface area contributed by atoms with Crippen LogP contribution in [0.1, 0.15) is 20.3 Å². The van der Waals surface area contributed by atoms with Crippen molar-refractivity contribution < 1.29 is 4.74 Å². The largest absolute Gasteiger partial charge is 0.374 e. The molecule has 5 heteroatoms. The number of likely N-dealkylation sites (N-methyl/N-ethyl adjacent to an activating group) is 1. The van der Waals surface area contributed by atoms with Crippen LogP contribution in [0.15, 0.2) is 4.99 Å². The average Bonchev–Trinajstić information content (AvgIpc) is 3.02. The molecule has 2 aliphatic rings. The Morgan fingerprint density at radius 1 is 1.50 bits per heavy atom. The lowest BCUT2D eigenvalue weighted by Crippen LogP contribution is -2.43. The van der Waals surface area contributed by atoms with Crippen molar-refractivity contribution in [1.82, 2.24) is 15.5 Å². The van der Waals surface area contributed by atoms with Crippen LogP contribution in [0.4, 0.5) is 0 Å². The maximum atomic E-state index is 5.71. The van der Waals surface area contributed by atoms with Crippen LogP contribution in [0, 0.1) is 5.92 Å². The maximum absolute atomic E-state index is 5.71. The molecule has 0 aromatic heterocycles. The van der Waals surface area contributed by atoms with Gasteiger partial charge in [0.2, 0.25) is 0 Å². The zero-order chi connectivity index (χ0) is 13.0. The lowest BCUT2D eigenvalue weighted by molar-refractivity contribution is -0.0136. The molecule has 1 saturated carbocycles. The third-order valence-electron chi connectivity index (χ3n) is 3.57. The van der Waals surface area contributed by atoms with Gasteiger partial charge in [-0.1, -0.05) is 6.92 Å². The minimum atomic E-state index is 0.232. The zero-order valence-electron chi connectivity index (χ0n) is 11.8. The van der Waals surface area contributed by atoms with Crippen molar-refractivity contribution in [3.63, 3.8) is 0 Å². The van der Waals surface area contributed by atoms with Crippen molar-refractivity contribution in [2.45, 2.75) is 32.4 Å². The Morgan fingerprint density at radius 2 is 2.28 bits per heavy atom. The Hall–Kier alpha value is -0.810. The van der Waals surface area contributed by atoms with Crippen molar-refractivity contribution in [1.29, 1.82) is 0 Å². The number of morpholine rings is 1. The summed E-state index contributed by atoms with van der Waals surface area (Å²) in [7, 11) is 2.13. The van der Waals surface area contributed by atoms with Gasteiger partial charge in [-0.2, -0.15) is 0 Å². The number of guanidine groups is 1. The van der Waals surface area contributed by atoms with Crippen molar-refractivity contribution in [2.75, 3.05) is 39.8 Å². The summed E-state index contributed by atoms with van der Waals surface area (Å²) in [5.74, 6) is 1.72. The predicted octanol–water partition coefficient (Wildman–Crippen LogP) is 0.281. The maximum Gasteiger partial charge on any atom is 0.191 e. The molecule has 1 heterocycles. The van der Waals surface area contributed by atoms with Gasteiger partial charge < -0.3 is 20.3 Å². The number of hydrogen-bond acceptors (Lipinski definition) is 3. The quantitative estimate of drug-likeness (QED) is 0.559. The third kappa shape index (κ3) is 4.14. The molecule has 5 nitrogen and oxygen atoms in total. The molecule has 2 N–H and O–H groups in total. The van der Waals surface area contributed by atoms with Crippen molar-refractivity contribution in [3.8, 4) is 0 Å². The smallest absolute Gasteiger partial charge is 0.191 e. The van der Waals surface area contributed by atoms with E-state index in [1.807, 2.05) is 0 Å². The van der Waals surface area contributed by atoms with E-state index in [1.165, 1.54) is 6.42 Å². The molecule has 104 valence electrons. The second-order valence-corrected chi connectivity index (χ2v) is 5.44. The van der Waals surface area contributed by atoms with Crippen LogP contribution in [-0.2, 0) is 4.74 Å². The van der Waals surface area contributed by atoms with E-state index in [-0.39, 0.29) is 6.10 Å². The molecule has 0 aromatic carbocycles. The molecule has 0 radical (unpaired) electrons. The lowest BCUT2D eigenvalue weighted by Gasteiger charge is -2.29. The molecule has 0 spiro atoms. The van der Waals surface area contributed by atoms with Gasteiger partial charge in [-0.3, -0.25) is 4.99 Å². The number of nitrogens with zero attached hydrogens (tertiary/aromatic N) is 2. The molecular weight excluding hydrogens is 228 g/mol. The molecule has 0 aromatic rings. The molecule has 3 atom stereocenters. The summed E-state index contributed by atoms with van der Waals surface area (Å²) in [5, 5.41) is 6.76. The van der Waals surface area contributed by atoms with Gasteiger partial charge >= 0.3 is 0 Å². The Kier molecular flexibility index (Phi) is 4.83. The SMILES string of the molecule is CCNC(=NCC1CN(C)CCO1)NC1CC1C. The number of aliphatic imine (C=N–C) groups is 1. The van der Waals surface area contributed by atoms with E-state index in [4.69, 9.17) is 4.74 Å². The first-order chi connectivity index (χ1) is 8.69.